The van der Waals surface area contributed by atoms with E-state index < -0.39 is 35.6 Å². The second kappa shape index (κ2) is 9.52. The van der Waals surface area contributed by atoms with Crippen LogP contribution < -0.4 is 4.90 Å². The number of β-amino-alcohol motifs (C(OH)–C–C–N with tert-alkyl or cyclic N) is 1. The van der Waals surface area contributed by atoms with Gasteiger partial charge in [0, 0.05) is 13.1 Å². The van der Waals surface area contributed by atoms with Crippen molar-refractivity contribution in [3.8, 4) is 0 Å². The molecule has 2 unspecified atom stereocenters. The van der Waals surface area contributed by atoms with E-state index in [1.165, 1.54) is 15.9 Å². The van der Waals surface area contributed by atoms with Gasteiger partial charge in [0.1, 0.15) is 18.2 Å². The Balaban J connectivity index is 1.77. The molecule has 0 radical (unpaired) electrons. The van der Waals surface area contributed by atoms with Gasteiger partial charge >= 0.3 is 5.97 Å². The summed E-state index contributed by atoms with van der Waals surface area (Å²) in [5.41, 5.74) is 0.137. The Labute approximate surface area is 203 Å². The molecule has 34 heavy (non-hydrogen) atoms. The zero-order valence-electron chi connectivity index (χ0n) is 19.1. The third-order valence-electron chi connectivity index (χ3n) is 7.03. The molecule has 8 nitrogen and oxygen atoms in total. The second-order valence-corrected chi connectivity index (χ2v) is 9.28. The Morgan fingerprint density at radius 3 is 2.79 bits per heavy atom. The zero-order valence-corrected chi connectivity index (χ0v) is 19.9. The number of rotatable bonds is 9. The molecule has 3 heterocycles. The number of nitrogens with zero attached hydrogens (tertiary/aromatic N) is 2. The normalized spacial score (nSPS) is 29.1. The van der Waals surface area contributed by atoms with Crippen molar-refractivity contribution >= 4 is 35.1 Å². The number of anilines is 1. The van der Waals surface area contributed by atoms with Crippen LogP contribution in [0.2, 0.25) is 5.02 Å². The summed E-state index contributed by atoms with van der Waals surface area (Å²) in [6.07, 6.45) is 3.52. The van der Waals surface area contributed by atoms with Crippen LogP contribution in [0, 0.1) is 18.8 Å². The smallest absolute Gasteiger partial charge is 0.312 e. The fourth-order valence-corrected chi connectivity index (χ4v) is 6.14. The number of benzene rings is 1. The van der Waals surface area contributed by atoms with Gasteiger partial charge in [-0.1, -0.05) is 42.5 Å². The first kappa shape index (κ1) is 24.4. The number of likely N-dealkylation sites (tertiary alicyclic amines) is 1. The summed E-state index contributed by atoms with van der Waals surface area (Å²) in [4.78, 5) is 43.5. The molecule has 0 aliphatic carbocycles. The van der Waals surface area contributed by atoms with Crippen molar-refractivity contribution in [3.63, 3.8) is 0 Å². The average Bonchev–Trinajstić information content (AvgIpc) is 3.44. The number of amides is 2. The van der Waals surface area contributed by atoms with E-state index in [0.717, 1.165) is 5.56 Å². The molecule has 2 amide bonds. The van der Waals surface area contributed by atoms with Gasteiger partial charge in [0.25, 0.3) is 5.91 Å². The van der Waals surface area contributed by atoms with Crippen LogP contribution in [0.4, 0.5) is 5.69 Å². The number of para-hydroxylation sites is 1. The lowest BCUT2D eigenvalue weighted by atomic mass is 9.70. The molecule has 5 atom stereocenters. The van der Waals surface area contributed by atoms with E-state index in [0.29, 0.717) is 23.6 Å². The SMILES string of the molecule is C=CCOC(=O)[C@@H]1[C@H]2C(=O)N(CCO)C(C(=O)N(CC=C)c3c(C)cccc3Cl)C23CC[C@H]1O3. The van der Waals surface area contributed by atoms with Crippen molar-refractivity contribution in [3.05, 3.63) is 54.1 Å². The Morgan fingerprint density at radius 1 is 1.38 bits per heavy atom. The van der Waals surface area contributed by atoms with Gasteiger partial charge in [0.05, 0.1) is 35.3 Å². The van der Waals surface area contributed by atoms with Crippen molar-refractivity contribution in [2.75, 3.05) is 31.2 Å². The largest absolute Gasteiger partial charge is 0.461 e. The van der Waals surface area contributed by atoms with Crippen LogP contribution in [-0.2, 0) is 23.9 Å². The summed E-state index contributed by atoms with van der Waals surface area (Å²) in [5.74, 6) is -2.98. The molecule has 3 saturated heterocycles. The van der Waals surface area contributed by atoms with Crippen molar-refractivity contribution in [1.29, 1.82) is 0 Å². The van der Waals surface area contributed by atoms with Crippen LogP contribution >= 0.6 is 11.6 Å². The Hall–Kier alpha value is -2.68. The highest BCUT2D eigenvalue weighted by Gasteiger charge is 2.75. The summed E-state index contributed by atoms with van der Waals surface area (Å²) in [7, 11) is 0. The van der Waals surface area contributed by atoms with Crippen molar-refractivity contribution in [2.24, 2.45) is 11.8 Å². The molecule has 1 N–H and O–H groups in total. The first-order valence-corrected chi connectivity index (χ1v) is 11.7. The van der Waals surface area contributed by atoms with E-state index in [-0.39, 0.29) is 38.1 Å². The van der Waals surface area contributed by atoms with Crippen LogP contribution in [0.15, 0.2) is 43.5 Å². The summed E-state index contributed by atoms with van der Waals surface area (Å²) >= 11 is 6.49. The number of ether oxygens (including phenoxy) is 2. The molecule has 0 aromatic heterocycles. The number of aliphatic hydroxyl groups excluding tert-OH is 1. The highest BCUT2D eigenvalue weighted by atomic mass is 35.5. The van der Waals surface area contributed by atoms with Crippen molar-refractivity contribution in [1.82, 2.24) is 4.90 Å². The predicted octanol–water partition coefficient (Wildman–Crippen LogP) is 2.26. The first-order chi connectivity index (χ1) is 16.3. The number of hydrogen-bond acceptors (Lipinski definition) is 6. The van der Waals surface area contributed by atoms with Gasteiger partial charge in [0.15, 0.2) is 0 Å². The number of carbonyl (C=O) groups excluding carboxylic acids is 3. The number of fused-ring (bicyclic) bond motifs is 1. The topological polar surface area (TPSA) is 96.4 Å². The number of halogens is 1. The minimum Gasteiger partial charge on any atom is -0.461 e. The maximum Gasteiger partial charge on any atom is 0.312 e. The van der Waals surface area contributed by atoms with E-state index in [2.05, 4.69) is 13.2 Å². The highest BCUT2D eigenvalue weighted by Crippen LogP contribution is 2.59. The molecule has 0 saturated carbocycles. The van der Waals surface area contributed by atoms with Gasteiger partial charge in [-0.05, 0) is 31.4 Å². The third kappa shape index (κ3) is 3.65. The maximum atomic E-state index is 14.2. The zero-order chi connectivity index (χ0) is 24.6. The third-order valence-corrected chi connectivity index (χ3v) is 7.33. The van der Waals surface area contributed by atoms with Gasteiger partial charge in [-0.3, -0.25) is 14.4 Å². The Morgan fingerprint density at radius 2 is 2.15 bits per heavy atom. The molecule has 3 aliphatic rings. The number of hydrogen-bond donors (Lipinski definition) is 1. The molecule has 3 aliphatic heterocycles. The number of aliphatic hydroxyl groups is 1. The maximum absolute atomic E-state index is 14.2. The quantitative estimate of drug-likeness (QED) is 0.423. The molecule has 9 heteroatoms. The molecular weight excluding hydrogens is 460 g/mol. The van der Waals surface area contributed by atoms with E-state index >= 15 is 0 Å². The molecule has 1 aromatic rings. The van der Waals surface area contributed by atoms with Gasteiger partial charge in [0.2, 0.25) is 5.91 Å². The fourth-order valence-electron chi connectivity index (χ4n) is 5.82. The lowest BCUT2D eigenvalue weighted by molar-refractivity contribution is -0.154. The summed E-state index contributed by atoms with van der Waals surface area (Å²) in [6.45, 7) is 8.99. The summed E-state index contributed by atoms with van der Waals surface area (Å²) in [6, 6.07) is 4.32. The molecule has 2 bridgehead atoms. The molecule has 4 rings (SSSR count). The van der Waals surface area contributed by atoms with E-state index in [4.69, 9.17) is 21.1 Å². The van der Waals surface area contributed by atoms with E-state index in [9.17, 15) is 19.5 Å². The summed E-state index contributed by atoms with van der Waals surface area (Å²) in [5, 5.41) is 10.1. The van der Waals surface area contributed by atoms with Gasteiger partial charge in [-0.25, -0.2) is 0 Å². The van der Waals surface area contributed by atoms with Gasteiger partial charge < -0.3 is 24.4 Å². The van der Waals surface area contributed by atoms with Crippen LogP contribution in [0.3, 0.4) is 0 Å². The second-order valence-electron chi connectivity index (χ2n) is 8.87. The number of carbonyl (C=O) groups is 3. The lowest BCUT2D eigenvalue weighted by Gasteiger charge is -2.37. The standard InChI is InChI=1S/C25H29ClN2O6/c1-4-11-27(20-15(3)7-6-8-16(20)26)23(31)21-25-10-9-17(34-25)18(24(32)33-14-5-2)19(25)22(30)28(21)12-13-29/h4-8,17-19,21,29H,1-2,9-14H2,3H3/t17-,18+,19+,21?,25?/m1/s1. The average molecular weight is 489 g/mol. The minimum absolute atomic E-state index is 0.0254. The van der Waals surface area contributed by atoms with Crippen LogP contribution in [0.1, 0.15) is 18.4 Å². The van der Waals surface area contributed by atoms with Gasteiger partial charge in [-0.15, -0.1) is 6.58 Å². The van der Waals surface area contributed by atoms with Gasteiger partial charge in [-0.2, -0.15) is 0 Å². The lowest BCUT2D eigenvalue weighted by Crippen LogP contribution is -2.57. The van der Waals surface area contributed by atoms with Crippen LogP contribution in [0.5, 0.6) is 0 Å². The van der Waals surface area contributed by atoms with Crippen molar-refractivity contribution < 1.29 is 29.0 Å². The van der Waals surface area contributed by atoms with Crippen LogP contribution in [0.25, 0.3) is 0 Å². The fraction of sp³-hybridized carbons (Fsp3) is 0.480. The highest BCUT2D eigenvalue weighted by molar-refractivity contribution is 6.34. The monoisotopic (exact) mass is 488 g/mol. The minimum atomic E-state index is -1.18. The number of esters is 1. The molecule has 1 spiro atoms. The Bertz CT molecular complexity index is 1010. The molecular formula is C25H29ClN2O6. The van der Waals surface area contributed by atoms with Crippen molar-refractivity contribution in [2.45, 2.75) is 37.5 Å². The van der Waals surface area contributed by atoms with Crippen LogP contribution in [-0.4, -0.2) is 71.8 Å². The first-order valence-electron chi connectivity index (χ1n) is 11.4. The predicted molar refractivity (Wildman–Crippen MR) is 126 cm³/mol. The Kier molecular flexibility index (Phi) is 6.85. The summed E-state index contributed by atoms with van der Waals surface area (Å²) < 4.78 is 11.6. The molecule has 1 aromatic carbocycles. The van der Waals surface area contributed by atoms with E-state index in [1.54, 1.807) is 18.2 Å². The van der Waals surface area contributed by atoms with E-state index in [1.807, 2.05) is 13.0 Å². The molecule has 182 valence electrons. The molecule has 3 fully saturated rings. The number of aryl methyl sites for hydroxylation is 1.